The van der Waals surface area contributed by atoms with E-state index in [0.717, 1.165) is 11.3 Å². The minimum atomic E-state index is -0.845. The molecule has 82 valence electrons. The Morgan fingerprint density at radius 3 is 2.87 bits per heavy atom. The molecule has 15 heavy (non-hydrogen) atoms. The number of pyridine rings is 1. The van der Waals surface area contributed by atoms with Crippen LogP contribution in [0.4, 0.5) is 0 Å². The molecule has 0 saturated heterocycles. The number of aromatic nitrogens is 1. The van der Waals surface area contributed by atoms with Crippen LogP contribution in [0, 0.1) is 6.92 Å². The predicted molar refractivity (Wildman–Crippen MR) is 57.8 cm³/mol. The van der Waals surface area contributed by atoms with E-state index < -0.39 is 5.97 Å². The van der Waals surface area contributed by atoms with Crippen molar-refractivity contribution in [2.24, 2.45) is 5.73 Å². The highest BCUT2D eigenvalue weighted by atomic mass is 35.5. The number of nitrogens with zero attached hydrogens (tertiary/aromatic N) is 1. The molecule has 1 rings (SSSR count). The van der Waals surface area contributed by atoms with Gasteiger partial charge in [0.25, 0.3) is 0 Å². The zero-order valence-corrected chi connectivity index (χ0v) is 9.16. The number of carboxylic acid groups (broad SMARTS) is 1. The Bertz CT molecular complexity index is 348. The third-order valence-corrected chi connectivity index (χ3v) is 2.24. The van der Waals surface area contributed by atoms with Crippen LogP contribution in [0.5, 0.6) is 0 Å². The van der Waals surface area contributed by atoms with Gasteiger partial charge in [0.05, 0.1) is 0 Å². The van der Waals surface area contributed by atoms with E-state index in [-0.39, 0.29) is 12.5 Å². The van der Waals surface area contributed by atoms with Crippen LogP contribution in [-0.4, -0.2) is 16.1 Å². The van der Waals surface area contributed by atoms with Crippen LogP contribution in [0.1, 0.15) is 30.1 Å². The normalized spacial score (nSPS) is 12.5. The van der Waals surface area contributed by atoms with E-state index in [1.165, 1.54) is 0 Å². The van der Waals surface area contributed by atoms with Gasteiger partial charge < -0.3 is 10.8 Å². The molecular weight excluding hydrogens is 216 g/mol. The summed E-state index contributed by atoms with van der Waals surface area (Å²) >= 11 is 5.77. The highest BCUT2D eigenvalue weighted by Gasteiger charge is 2.09. The van der Waals surface area contributed by atoms with Gasteiger partial charge in [-0.05, 0) is 31.0 Å². The van der Waals surface area contributed by atoms with Gasteiger partial charge in [-0.3, -0.25) is 4.79 Å². The number of carbonyl (C=O) groups is 1. The minimum Gasteiger partial charge on any atom is -0.481 e. The molecule has 0 aliphatic carbocycles. The Labute approximate surface area is 93.1 Å². The lowest BCUT2D eigenvalue weighted by Gasteiger charge is -2.11. The van der Waals surface area contributed by atoms with Gasteiger partial charge in [-0.1, -0.05) is 11.6 Å². The van der Waals surface area contributed by atoms with Gasteiger partial charge in [-0.2, -0.15) is 0 Å². The SMILES string of the molecule is Cc1cc(C(N)CCC(=O)O)cc(Cl)n1. The van der Waals surface area contributed by atoms with E-state index in [2.05, 4.69) is 4.98 Å². The summed E-state index contributed by atoms with van der Waals surface area (Å²) < 4.78 is 0. The van der Waals surface area contributed by atoms with Crippen LogP contribution >= 0.6 is 11.6 Å². The summed E-state index contributed by atoms with van der Waals surface area (Å²) in [5.41, 5.74) is 7.44. The highest BCUT2D eigenvalue weighted by molar-refractivity contribution is 6.29. The van der Waals surface area contributed by atoms with Gasteiger partial charge in [0, 0.05) is 18.2 Å². The average molecular weight is 229 g/mol. The quantitative estimate of drug-likeness (QED) is 0.772. The molecule has 0 spiro atoms. The second-order valence-electron chi connectivity index (χ2n) is 3.40. The second kappa shape index (κ2) is 5.09. The minimum absolute atomic E-state index is 0.0557. The van der Waals surface area contributed by atoms with Crippen molar-refractivity contribution in [2.45, 2.75) is 25.8 Å². The smallest absolute Gasteiger partial charge is 0.303 e. The molecule has 1 unspecified atom stereocenters. The first-order chi connectivity index (χ1) is 6.99. The number of hydrogen-bond acceptors (Lipinski definition) is 3. The highest BCUT2D eigenvalue weighted by Crippen LogP contribution is 2.19. The maximum Gasteiger partial charge on any atom is 0.303 e. The topological polar surface area (TPSA) is 76.2 Å². The molecule has 0 bridgehead atoms. The summed E-state index contributed by atoms with van der Waals surface area (Å²) in [7, 11) is 0. The molecule has 4 nitrogen and oxygen atoms in total. The molecule has 0 aliphatic heterocycles. The van der Waals surface area contributed by atoms with Crippen molar-refractivity contribution in [1.82, 2.24) is 4.98 Å². The summed E-state index contributed by atoms with van der Waals surface area (Å²) in [6.07, 6.45) is 0.454. The number of aliphatic carboxylic acids is 1. The van der Waals surface area contributed by atoms with E-state index in [0.29, 0.717) is 11.6 Å². The molecule has 1 aromatic rings. The van der Waals surface area contributed by atoms with E-state index in [9.17, 15) is 4.79 Å². The Morgan fingerprint density at radius 1 is 1.67 bits per heavy atom. The van der Waals surface area contributed by atoms with E-state index in [4.69, 9.17) is 22.4 Å². The Kier molecular flexibility index (Phi) is 4.05. The molecule has 0 aromatic carbocycles. The van der Waals surface area contributed by atoms with Gasteiger partial charge in [-0.15, -0.1) is 0 Å². The Morgan fingerprint density at radius 2 is 2.33 bits per heavy atom. The number of halogens is 1. The fourth-order valence-electron chi connectivity index (χ4n) is 1.31. The van der Waals surface area contributed by atoms with Gasteiger partial charge in [0.1, 0.15) is 5.15 Å². The van der Waals surface area contributed by atoms with E-state index in [1.807, 2.05) is 13.0 Å². The van der Waals surface area contributed by atoms with Crippen molar-refractivity contribution >= 4 is 17.6 Å². The van der Waals surface area contributed by atoms with Crippen LogP contribution in [0.2, 0.25) is 5.15 Å². The third-order valence-electron chi connectivity index (χ3n) is 2.04. The molecule has 0 fully saturated rings. The molecule has 0 radical (unpaired) electrons. The van der Waals surface area contributed by atoms with E-state index in [1.54, 1.807) is 6.07 Å². The molecule has 0 saturated carbocycles. The van der Waals surface area contributed by atoms with Gasteiger partial charge in [-0.25, -0.2) is 4.98 Å². The fraction of sp³-hybridized carbons (Fsp3) is 0.400. The van der Waals surface area contributed by atoms with Crippen LogP contribution < -0.4 is 5.73 Å². The van der Waals surface area contributed by atoms with Crippen molar-refractivity contribution in [3.8, 4) is 0 Å². The van der Waals surface area contributed by atoms with Crippen molar-refractivity contribution in [1.29, 1.82) is 0 Å². The molecule has 5 heteroatoms. The van der Waals surface area contributed by atoms with Crippen LogP contribution in [0.3, 0.4) is 0 Å². The molecule has 1 aromatic heterocycles. The summed E-state index contributed by atoms with van der Waals surface area (Å²) in [6, 6.07) is 3.18. The van der Waals surface area contributed by atoms with Crippen molar-refractivity contribution < 1.29 is 9.90 Å². The predicted octanol–water partition coefficient (Wildman–Crippen LogP) is 1.91. The van der Waals surface area contributed by atoms with Crippen molar-refractivity contribution in [2.75, 3.05) is 0 Å². The number of nitrogens with two attached hydrogens (primary N) is 1. The zero-order chi connectivity index (χ0) is 11.4. The largest absolute Gasteiger partial charge is 0.481 e. The second-order valence-corrected chi connectivity index (χ2v) is 3.79. The number of aryl methyl sites for hydroxylation is 1. The lowest BCUT2D eigenvalue weighted by atomic mass is 10.0. The summed E-state index contributed by atoms with van der Waals surface area (Å²) in [4.78, 5) is 14.4. The molecule has 1 atom stereocenters. The van der Waals surface area contributed by atoms with E-state index >= 15 is 0 Å². The molecule has 0 aliphatic rings. The van der Waals surface area contributed by atoms with Crippen LogP contribution in [0.25, 0.3) is 0 Å². The zero-order valence-electron chi connectivity index (χ0n) is 8.40. The van der Waals surface area contributed by atoms with Crippen molar-refractivity contribution in [3.05, 3.63) is 28.5 Å². The molecule has 0 amide bonds. The first-order valence-corrected chi connectivity index (χ1v) is 4.98. The third kappa shape index (κ3) is 3.85. The van der Waals surface area contributed by atoms with Gasteiger partial charge >= 0.3 is 5.97 Å². The van der Waals surface area contributed by atoms with Gasteiger partial charge in [0.2, 0.25) is 0 Å². The van der Waals surface area contributed by atoms with Gasteiger partial charge in [0.15, 0.2) is 0 Å². The first kappa shape index (κ1) is 11.9. The lowest BCUT2D eigenvalue weighted by Crippen LogP contribution is -2.12. The number of hydrogen-bond donors (Lipinski definition) is 2. The first-order valence-electron chi connectivity index (χ1n) is 4.60. The van der Waals surface area contributed by atoms with Crippen molar-refractivity contribution in [3.63, 3.8) is 0 Å². The standard InChI is InChI=1S/C10H13ClN2O2/c1-6-4-7(5-9(11)13-6)8(12)2-3-10(14)15/h4-5,8H,2-3,12H2,1H3,(H,14,15). The Balaban J connectivity index is 2.72. The van der Waals surface area contributed by atoms with Crippen LogP contribution in [0.15, 0.2) is 12.1 Å². The summed E-state index contributed by atoms with van der Waals surface area (Å²) in [6.45, 7) is 1.82. The summed E-state index contributed by atoms with van der Waals surface area (Å²) in [5, 5.41) is 8.91. The maximum atomic E-state index is 10.4. The molecule has 3 N–H and O–H groups in total. The molecule has 1 heterocycles. The van der Waals surface area contributed by atoms with Crippen LogP contribution in [-0.2, 0) is 4.79 Å². The molecular formula is C10H13ClN2O2. The monoisotopic (exact) mass is 228 g/mol. The maximum absolute atomic E-state index is 10.4. The summed E-state index contributed by atoms with van der Waals surface area (Å²) in [5.74, 6) is -0.845. The fourth-order valence-corrected chi connectivity index (χ4v) is 1.57. The number of carboxylic acids is 1. The number of rotatable bonds is 4. The average Bonchev–Trinajstić information content (AvgIpc) is 2.12. The Hall–Kier alpha value is -1.13. The lowest BCUT2D eigenvalue weighted by molar-refractivity contribution is -0.137.